The van der Waals surface area contributed by atoms with Crippen LogP contribution >= 0.6 is 0 Å². The number of H-pyrrole nitrogens is 1. The SMILES string of the molecule is CCCn1c(=O)c2[nH]c(Cc3ccccc3N)nc2n(CCc2ccc(N)cc2)c1=O. The highest BCUT2D eigenvalue weighted by molar-refractivity contribution is 5.70. The number of nitrogens with zero attached hydrogens (tertiary/aromatic N) is 3. The summed E-state index contributed by atoms with van der Waals surface area (Å²) in [4.78, 5) is 33.9. The molecule has 0 aliphatic heterocycles. The first kappa shape index (κ1) is 20.5. The number of nitrogens with one attached hydrogen (secondary N) is 1. The molecule has 8 heteroatoms. The second-order valence-corrected chi connectivity index (χ2v) is 7.64. The molecular formula is C23H26N6O2. The van der Waals surface area contributed by atoms with E-state index < -0.39 is 0 Å². The highest BCUT2D eigenvalue weighted by atomic mass is 16.2. The van der Waals surface area contributed by atoms with Crippen LogP contribution in [-0.4, -0.2) is 19.1 Å². The lowest BCUT2D eigenvalue weighted by Gasteiger charge is -2.11. The molecule has 8 nitrogen and oxygen atoms in total. The number of rotatable bonds is 7. The van der Waals surface area contributed by atoms with Crippen LogP contribution in [0.2, 0.25) is 0 Å². The Kier molecular flexibility index (Phi) is 5.62. The van der Waals surface area contributed by atoms with E-state index in [1.54, 1.807) is 4.57 Å². The van der Waals surface area contributed by atoms with Gasteiger partial charge in [0.2, 0.25) is 0 Å². The third kappa shape index (κ3) is 4.09. The highest BCUT2D eigenvalue weighted by Crippen LogP contribution is 2.16. The van der Waals surface area contributed by atoms with Crippen molar-refractivity contribution in [1.29, 1.82) is 0 Å². The Bertz CT molecular complexity index is 1330. The van der Waals surface area contributed by atoms with Gasteiger partial charge in [0.25, 0.3) is 5.56 Å². The number of para-hydroxylation sites is 1. The standard InChI is InChI=1S/C23H26N6O2/c1-2-12-29-22(30)20-21(27-19(26-20)14-16-5-3-4-6-18(16)25)28(23(29)31)13-11-15-7-9-17(24)10-8-15/h3-10H,2,11-14,24-25H2,1H3,(H,26,27). The van der Waals surface area contributed by atoms with Gasteiger partial charge in [-0.15, -0.1) is 0 Å². The zero-order valence-corrected chi connectivity index (χ0v) is 17.5. The number of hydrogen-bond donors (Lipinski definition) is 3. The van der Waals surface area contributed by atoms with Gasteiger partial charge in [-0.2, -0.15) is 0 Å². The van der Waals surface area contributed by atoms with Gasteiger partial charge in [-0.3, -0.25) is 13.9 Å². The second kappa shape index (κ2) is 8.51. The van der Waals surface area contributed by atoms with Crippen molar-refractivity contribution in [3.05, 3.63) is 86.3 Å². The summed E-state index contributed by atoms with van der Waals surface area (Å²) in [6.45, 7) is 2.70. The molecule has 0 atom stereocenters. The van der Waals surface area contributed by atoms with Crippen molar-refractivity contribution in [2.24, 2.45) is 0 Å². The number of aryl methyl sites for hydroxylation is 2. The van der Waals surface area contributed by atoms with Crippen molar-refractivity contribution in [1.82, 2.24) is 19.1 Å². The molecular weight excluding hydrogens is 392 g/mol. The van der Waals surface area contributed by atoms with E-state index in [1.807, 2.05) is 55.5 Å². The van der Waals surface area contributed by atoms with Gasteiger partial charge in [0.05, 0.1) is 0 Å². The van der Waals surface area contributed by atoms with Crippen molar-refractivity contribution in [2.45, 2.75) is 39.3 Å². The normalized spacial score (nSPS) is 11.3. The summed E-state index contributed by atoms with van der Waals surface area (Å²) in [6, 6.07) is 15.1. The summed E-state index contributed by atoms with van der Waals surface area (Å²) in [5, 5.41) is 0. The van der Waals surface area contributed by atoms with Crippen molar-refractivity contribution in [3.8, 4) is 0 Å². The molecule has 160 valence electrons. The molecule has 2 heterocycles. The van der Waals surface area contributed by atoms with Crippen molar-refractivity contribution >= 4 is 22.5 Å². The monoisotopic (exact) mass is 418 g/mol. The van der Waals surface area contributed by atoms with Gasteiger partial charge < -0.3 is 16.5 Å². The van der Waals surface area contributed by atoms with E-state index >= 15 is 0 Å². The number of imidazole rings is 1. The molecule has 0 spiro atoms. The molecule has 0 radical (unpaired) electrons. The fourth-order valence-corrected chi connectivity index (χ4v) is 3.72. The van der Waals surface area contributed by atoms with Crippen LogP contribution in [0.3, 0.4) is 0 Å². The van der Waals surface area contributed by atoms with Crippen molar-refractivity contribution < 1.29 is 0 Å². The fourth-order valence-electron chi connectivity index (χ4n) is 3.72. The Morgan fingerprint density at radius 1 is 0.968 bits per heavy atom. The summed E-state index contributed by atoms with van der Waals surface area (Å²) in [5.41, 5.74) is 15.2. The molecule has 0 aliphatic rings. The first-order valence-electron chi connectivity index (χ1n) is 10.4. The van der Waals surface area contributed by atoms with E-state index in [9.17, 15) is 9.59 Å². The van der Waals surface area contributed by atoms with Crippen molar-refractivity contribution in [2.75, 3.05) is 11.5 Å². The number of nitrogen functional groups attached to an aromatic ring is 2. The van der Waals surface area contributed by atoms with Gasteiger partial charge in [0, 0.05) is 30.9 Å². The maximum absolute atomic E-state index is 13.1. The van der Waals surface area contributed by atoms with Gasteiger partial charge >= 0.3 is 5.69 Å². The van der Waals surface area contributed by atoms with Crippen molar-refractivity contribution in [3.63, 3.8) is 0 Å². The first-order valence-corrected chi connectivity index (χ1v) is 10.4. The van der Waals surface area contributed by atoms with Crippen LogP contribution < -0.4 is 22.7 Å². The maximum atomic E-state index is 13.1. The third-order valence-electron chi connectivity index (χ3n) is 5.37. The lowest BCUT2D eigenvalue weighted by Crippen LogP contribution is -2.40. The maximum Gasteiger partial charge on any atom is 0.332 e. The molecule has 0 unspecified atom stereocenters. The number of nitrogens with two attached hydrogens (primary N) is 2. The lowest BCUT2D eigenvalue weighted by molar-refractivity contribution is 0.559. The van der Waals surface area contributed by atoms with Crippen LogP contribution in [0.1, 0.15) is 30.3 Å². The van der Waals surface area contributed by atoms with Crippen LogP contribution in [0.4, 0.5) is 11.4 Å². The van der Waals surface area contributed by atoms with Gasteiger partial charge in [-0.1, -0.05) is 37.3 Å². The van der Waals surface area contributed by atoms with Crippen LogP contribution in [0.15, 0.2) is 58.1 Å². The van der Waals surface area contributed by atoms with Crippen LogP contribution in [0, 0.1) is 0 Å². The Hall–Kier alpha value is -3.81. The Morgan fingerprint density at radius 2 is 1.71 bits per heavy atom. The fraction of sp³-hybridized carbons (Fsp3) is 0.261. The molecule has 2 aromatic heterocycles. The summed E-state index contributed by atoms with van der Waals surface area (Å²) in [7, 11) is 0. The average molecular weight is 419 g/mol. The highest BCUT2D eigenvalue weighted by Gasteiger charge is 2.17. The number of hydrogen-bond acceptors (Lipinski definition) is 5. The minimum Gasteiger partial charge on any atom is -0.399 e. The summed E-state index contributed by atoms with van der Waals surface area (Å²) in [5.74, 6) is 0.597. The molecule has 0 amide bonds. The summed E-state index contributed by atoms with van der Waals surface area (Å²) >= 11 is 0. The molecule has 0 saturated heterocycles. The molecule has 0 aliphatic carbocycles. The molecule has 0 bridgehead atoms. The Morgan fingerprint density at radius 3 is 2.42 bits per heavy atom. The number of aromatic nitrogens is 4. The quantitative estimate of drug-likeness (QED) is 0.397. The van der Waals surface area contributed by atoms with E-state index in [0.29, 0.717) is 60.7 Å². The lowest BCUT2D eigenvalue weighted by atomic mass is 10.1. The number of aromatic amines is 1. The topological polar surface area (TPSA) is 125 Å². The van der Waals surface area contributed by atoms with Crippen LogP contribution in [0.25, 0.3) is 11.2 Å². The van der Waals surface area contributed by atoms with Gasteiger partial charge in [-0.25, -0.2) is 9.78 Å². The number of anilines is 2. The van der Waals surface area contributed by atoms with E-state index in [-0.39, 0.29) is 11.2 Å². The Labute approximate surface area is 179 Å². The minimum absolute atomic E-state index is 0.341. The molecule has 0 fully saturated rings. The molecule has 31 heavy (non-hydrogen) atoms. The Balaban J connectivity index is 1.77. The van der Waals surface area contributed by atoms with E-state index in [4.69, 9.17) is 11.5 Å². The van der Waals surface area contributed by atoms with E-state index in [1.165, 1.54) is 4.57 Å². The summed E-state index contributed by atoms with van der Waals surface area (Å²) < 4.78 is 2.86. The predicted octanol–water partition coefficient (Wildman–Crippen LogP) is 2.29. The third-order valence-corrected chi connectivity index (χ3v) is 5.37. The second-order valence-electron chi connectivity index (χ2n) is 7.64. The zero-order chi connectivity index (χ0) is 22.0. The van der Waals surface area contributed by atoms with E-state index in [0.717, 1.165) is 11.1 Å². The first-order chi connectivity index (χ1) is 15.0. The molecule has 4 aromatic rings. The number of benzene rings is 2. The molecule has 2 aromatic carbocycles. The molecule has 4 rings (SSSR count). The molecule has 5 N–H and O–H groups in total. The van der Waals surface area contributed by atoms with Gasteiger partial charge in [0.1, 0.15) is 11.3 Å². The average Bonchev–Trinajstić information content (AvgIpc) is 3.18. The zero-order valence-electron chi connectivity index (χ0n) is 17.5. The smallest absolute Gasteiger partial charge is 0.332 e. The van der Waals surface area contributed by atoms with Crippen LogP contribution in [0.5, 0.6) is 0 Å². The summed E-state index contributed by atoms with van der Waals surface area (Å²) in [6.07, 6.45) is 1.74. The van der Waals surface area contributed by atoms with Gasteiger partial charge in [0.15, 0.2) is 5.65 Å². The number of fused-ring (bicyclic) bond motifs is 1. The van der Waals surface area contributed by atoms with E-state index in [2.05, 4.69) is 9.97 Å². The largest absolute Gasteiger partial charge is 0.399 e. The molecule has 0 saturated carbocycles. The predicted molar refractivity (Wildman–Crippen MR) is 123 cm³/mol. The van der Waals surface area contributed by atoms with Gasteiger partial charge in [-0.05, 0) is 42.2 Å². The van der Waals surface area contributed by atoms with Crippen LogP contribution in [-0.2, 0) is 25.9 Å². The minimum atomic E-state index is -0.342.